The van der Waals surface area contributed by atoms with E-state index in [1.807, 2.05) is 6.07 Å². The van der Waals surface area contributed by atoms with Gasteiger partial charge in [0.2, 0.25) is 0 Å². The average molecular weight is 293 g/mol. The van der Waals surface area contributed by atoms with Crippen molar-refractivity contribution in [2.45, 2.75) is 46.0 Å². The molecule has 0 heterocycles. The van der Waals surface area contributed by atoms with Gasteiger partial charge in [-0.15, -0.1) is 0 Å². The van der Waals surface area contributed by atoms with Gasteiger partial charge < -0.3 is 14.4 Å². The van der Waals surface area contributed by atoms with Crippen molar-refractivity contribution in [3.8, 4) is 11.5 Å². The van der Waals surface area contributed by atoms with Gasteiger partial charge in [-0.05, 0) is 50.0 Å². The lowest BCUT2D eigenvalue weighted by Gasteiger charge is -2.22. The highest BCUT2D eigenvalue weighted by Gasteiger charge is 2.07. The topological polar surface area (TPSA) is 21.7 Å². The number of ether oxygens (including phenoxy) is 2. The summed E-state index contributed by atoms with van der Waals surface area (Å²) in [5.74, 6) is 1.62. The quantitative estimate of drug-likeness (QED) is 0.612. The van der Waals surface area contributed by atoms with Gasteiger partial charge in [-0.25, -0.2) is 0 Å². The Labute approximate surface area is 130 Å². The summed E-state index contributed by atoms with van der Waals surface area (Å²) in [5.41, 5.74) is 1.31. The molecule has 0 aliphatic carbocycles. The minimum absolute atomic E-state index is 0.801. The van der Waals surface area contributed by atoms with Crippen LogP contribution in [0.15, 0.2) is 18.2 Å². The normalized spacial score (nSPS) is 10.9. The van der Waals surface area contributed by atoms with Gasteiger partial charge in [0.05, 0.1) is 14.2 Å². The Balaban J connectivity index is 2.57. The van der Waals surface area contributed by atoms with Crippen molar-refractivity contribution in [3.05, 3.63) is 23.8 Å². The Morgan fingerprint density at radius 3 is 2.00 bits per heavy atom. The first-order chi connectivity index (χ1) is 10.2. The number of rotatable bonds is 11. The van der Waals surface area contributed by atoms with E-state index >= 15 is 0 Å². The fourth-order valence-electron chi connectivity index (χ4n) is 2.42. The number of nitrogens with zero attached hydrogens (tertiary/aromatic N) is 1. The van der Waals surface area contributed by atoms with Crippen LogP contribution in [-0.2, 0) is 6.42 Å². The first-order valence-corrected chi connectivity index (χ1v) is 8.18. The van der Waals surface area contributed by atoms with E-state index in [1.165, 1.54) is 44.3 Å². The highest BCUT2D eigenvalue weighted by molar-refractivity contribution is 5.42. The van der Waals surface area contributed by atoms with E-state index in [1.54, 1.807) is 14.2 Å². The number of unbranched alkanes of at least 4 members (excludes halogenated alkanes) is 2. The molecule has 0 bridgehead atoms. The van der Waals surface area contributed by atoms with Crippen molar-refractivity contribution >= 4 is 0 Å². The minimum Gasteiger partial charge on any atom is -0.493 e. The average Bonchev–Trinajstić information content (AvgIpc) is 2.53. The van der Waals surface area contributed by atoms with Crippen molar-refractivity contribution in [3.63, 3.8) is 0 Å². The first-order valence-electron chi connectivity index (χ1n) is 8.18. The van der Waals surface area contributed by atoms with Crippen LogP contribution in [0.5, 0.6) is 11.5 Å². The second kappa shape index (κ2) is 10.5. The molecule has 0 radical (unpaired) electrons. The van der Waals surface area contributed by atoms with Gasteiger partial charge in [0.15, 0.2) is 11.5 Å². The molecule has 0 saturated heterocycles. The van der Waals surface area contributed by atoms with Gasteiger partial charge in [0.25, 0.3) is 0 Å². The Hall–Kier alpha value is -1.22. The van der Waals surface area contributed by atoms with E-state index < -0.39 is 0 Å². The van der Waals surface area contributed by atoms with Crippen molar-refractivity contribution < 1.29 is 9.47 Å². The van der Waals surface area contributed by atoms with Crippen molar-refractivity contribution in [2.75, 3.05) is 33.9 Å². The Kier molecular flexibility index (Phi) is 8.91. The third kappa shape index (κ3) is 6.38. The zero-order chi connectivity index (χ0) is 15.5. The lowest BCUT2D eigenvalue weighted by Crippen LogP contribution is -2.28. The van der Waals surface area contributed by atoms with Crippen molar-refractivity contribution in [2.24, 2.45) is 0 Å². The summed E-state index contributed by atoms with van der Waals surface area (Å²) in [7, 11) is 3.37. The molecule has 0 amide bonds. The number of hydrogen-bond acceptors (Lipinski definition) is 3. The molecule has 0 fully saturated rings. The fraction of sp³-hybridized carbons (Fsp3) is 0.667. The number of hydrogen-bond donors (Lipinski definition) is 0. The monoisotopic (exact) mass is 293 g/mol. The van der Waals surface area contributed by atoms with Gasteiger partial charge in [-0.3, -0.25) is 0 Å². The molecule has 120 valence electrons. The molecule has 3 nitrogen and oxygen atoms in total. The minimum atomic E-state index is 0.801. The molecule has 1 aromatic carbocycles. The van der Waals surface area contributed by atoms with E-state index in [4.69, 9.17) is 9.47 Å². The second-order valence-electron chi connectivity index (χ2n) is 5.49. The molecule has 0 aliphatic heterocycles. The third-order valence-electron chi connectivity index (χ3n) is 3.82. The van der Waals surface area contributed by atoms with Crippen LogP contribution in [0, 0.1) is 0 Å². The van der Waals surface area contributed by atoms with Crippen LogP contribution in [0.3, 0.4) is 0 Å². The van der Waals surface area contributed by atoms with E-state index in [9.17, 15) is 0 Å². The molecule has 0 spiro atoms. The molecule has 0 aliphatic rings. The summed E-state index contributed by atoms with van der Waals surface area (Å²) >= 11 is 0. The summed E-state index contributed by atoms with van der Waals surface area (Å²) in [5, 5.41) is 0. The standard InChI is InChI=1S/C18H31NO2/c1-5-7-12-19(13-8-6-2)14-11-16-9-10-17(20-3)18(15-16)21-4/h9-10,15H,5-8,11-14H2,1-4H3. The molecule has 0 aromatic heterocycles. The highest BCUT2D eigenvalue weighted by Crippen LogP contribution is 2.27. The van der Waals surface area contributed by atoms with Crippen LogP contribution < -0.4 is 9.47 Å². The van der Waals surface area contributed by atoms with Crippen molar-refractivity contribution in [1.82, 2.24) is 4.90 Å². The predicted octanol–water partition coefficient (Wildman–Crippen LogP) is 4.15. The molecule has 0 N–H and O–H groups in total. The van der Waals surface area contributed by atoms with Crippen LogP contribution in [0.2, 0.25) is 0 Å². The summed E-state index contributed by atoms with van der Waals surface area (Å²) in [6, 6.07) is 6.23. The van der Waals surface area contributed by atoms with E-state index in [-0.39, 0.29) is 0 Å². The summed E-state index contributed by atoms with van der Waals surface area (Å²) in [4.78, 5) is 2.59. The zero-order valence-electron chi connectivity index (χ0n) is 14.2. The maximum absolute atomic E-state index is 5.37. The van der Waals surface area contributed by atoms with Gasteiger partial charge >= 0.3 is 0 Å². The summed E-state index contributed by atoms with van der Waals surface area (Å²) in [6.45, 7) is 8.06. The first kappa shape index (κ1) is 17.8. The van der Waals surface area contributed by atoms with E-state index in [0.717, 1.165) is 24.5 Å². The van der Waals surface area contributed by atoms with E-state index in [0.29, 0.717) is 0 Å². The molecular weight excluding hydrogens is 262 g/mol. The van der Waals surface area contributed by atoms with Crippen molar-refractivity contribution in [1.29, 1.82) is 0 Å². The van der Waals surface area contributed by atoms with Crippen LogP contribution in [0.4, 0.5) is 0 Å². The van der Waals surface area contributed by atoms with Crippen LogP contribution in [-0.4, -0.2) is 38.8 Å². The van der Waals surface area contributed by atoms with E-state index in [2.05, 4.69) is 30.9 Å². The molecule has 0 unspecified atom stereocenters. The molecule has 0 saturated carbocycles. The smallest absolute Gasteiger partial charge is 0.160 e. The molecule has 1 aromatic rings. The maximum Gasteiger partial charge on any atom is 0.160 e. The van der Waals surface area contributed by atoms with Crippen LogP contribution in [0.1, 0.15) is 45.1 Å². The van der Waals surface area contributed by atoms with Gasteiger partial charge in [-0.1, -0.05) is 32.8 Å². The summed E-state index contributed by atoms with van der Waals surface area (Å²) < 4.78 is 10.7. The molecule has 21 heavy (non-hydrogen) atoms. The zero-order valence-corrected chi connectivity index (χ0v) is 14.2. The van der Waals surface area contributed by atoms with Crippen LogP contribution >= 0.6 is 0 Å². The second-order valence-corrected chi connectivity index (χ2v) is 5.49. The lowest BCUT2D eigenvalue weighted by molar-refractivity contribution is 0.268. The third-order valence-corrected chi connectivity index (χ3v) is 3.82. The SMILES string of the molecule is CCCCN(CCCC)CCc1ccc(OC)c(OC)c1. The highest BCUT2D eigenvalue weighted by atomic mass is 16.5. The fourth-order valence-corrected chi connectivity index (χ4v) is 2.42. The number of methoxy groups -OCH3 is 2. The van der Waals surface area contributed by atoms with Gasteiger partial charge in [0, 0.05) is 6.54 Å². The number of benzene rings is 1. The Bertz CT molecular complexity index is 385. The summed E-state index contributed by atoms with van der Waals surface area (Å²) in [6.07, 6.45) is 6.16. The van der Waals surface area contributed by atoms with Crippen LogP contribution in [0.25, 0.3) is 0 Å². The molecule has 3 heteroatoms. The largest absolute Gasteiger partial charge is 0.493 e. The Morgan fingerprint density at radius 2 is 1.48 bits per heavy atom. The molecular formula is C18H31NO2. The molecule has 1 rings (SSSR count). The molecule has 0 atom stereocenters. The maximum atomic E-state index is 5.37. The predicted molar refractivity (Wildman–Crippen MR) is 89.5 cm³/mol. The lowest BCUT2D eigenvalue weighted by atomic mass is 10.1. The Morgan fingerprint density at radius 1 is 0.857 bits per heavy atom. The van der Waals surface area contributed by atoms with Gasteiger partial charge in [-0.2, -0.15) is 0 Å². The van der Waals surface area contributed by atoms with Gasteiger partial charge in [0.1, 0.15) is 0 Å².